The summed E-state index contributed by atoms with van der Waals surface area (Å²) in [5.74, 6) is 0.945. The van der Waals surface area contributed by atoms with Crippen molar-refractivity contribution in [1.29, 1.82) is 0 Å². The average Bonchev–Trinajstić information content (AvgIpc) is 2.85. The normalized spacial score (nSPS) is 21.2. The Bertz CT molecular complexity index is 382. The van der Waals surface area contributed by atoms with Crippen molar-refractivity contribution in [3.63, 3.8) is 0 Å². The third-order valence-corrected chi connectivity index (χ3v) is 3.39. The number of carbonyl (C=O) groups is 1. The second-order valence-corrected chi connectivity index (χ2v) is 4.46. The minimum Gasteiger partial charge on any atom is -0.478 e. The number of hydrogen-bond donors (Lipinski definition) is 1. The number of rotatable bonds is 3. The molecule has 1 aliphatic heterocycles. The van der Waals surface area contributed by atoms with Gasteiger partial charge in [0.15, 0.2) is 0 Å². The lowest BCUT2D eigenvalue weighted by Crippen LogP contribution is -1.87. The lowest BCUT2D eigenvalue weighted by atomic mass is 10.2. The van der Waals surface area contributed by atoms with Gasteiger partial charge in [0, 0.05) is 12.2 Å². The van der Waals surface area contributed by atoms with Gasteiger partial charge in [0.2, 0.25) is 11.8 Å². The first-order chi connectivity index (χ1) is 7.25. The van der Waals surface area contributed by atoms with E-state index in [2.05, 4.69) is 10.2 Å². The molecule has 1 aromatic heterocycles. The van der Waals surface area contributed by atoms with E-state index in [0.29, 0.717) is 5.89 Å². The van der Waals surface area contributed by atoms with E-state index in [1.54, 1.807) is 11.8 Å². The fourth-order valence-electron chi connectivity index (χ4n) is 1.36. The maximum Gasteiger partial charge on any atom is 0.328 e. The lowest BCUT2D eigenvalue weighted by Gasteiger charge is -1.99. The molecule has 1 aromatic rings. The molecular formula is C9H10N2O3S. The SMILES string of the molecule is O=C(O)/C=C/c1nnc(C2CCCS2)o1. The van der Waals surface area contributed by atoms with Crippen LogP contribution in [0.3, 0.4) is 0 Å². The highest BCUT2D eigenvalue weighted by Gasteiger charge is 2.22. The summed E-state index contributed by atoms with van der Waals surface area (Å²) in [5.41, 5.74) is 0. The van der Waals surface area contributed by atoms with Crippen molar-refractivity contribution in [2.24, 2.45) is 0 Å². The number of carboxylic acid groups (broad SMARTS) is 1. The fraction of sp³-hybridized carbons (Fsp3) is 0.444. The van der Waals surface area contributed by atoms with E-state index in [9.17, 15) is 4.79 Å². The summed E-state index contributed by atoms with van der Waals surface area (Å²) < 4.78 is 5.32. The highest BCUT2D eigenvalue weighted by Crippen LogP contribution is 2.38. The smallest absolute Gasteiger partial charge is 0.328 e. The molecule has 0 aliphatic carbocycles. The van der Waals surface area contributed by atoms with Crippen molar-refractivity contribution in [3.8, 4) is 0 Å². The van der Waals surface area contributed by atoms with Crippen molar-refractivity contribution in [1.82, 2.24) is 10.2 Å². The Morgan fingerprint density at radius 1 is 1.60 bits per heavy atom. The Morgan fingerprint density at radius 3 is 3.13 bits per heavy atom. The maximum absolute atomic E-state index is 10.3. The van der Waals surface area contributed by atoms with Crippen molar-refractivity contribution >= 4 is 23.8 Å². The predicted molar refractivity (Wildman–Crippen MR) is 55.4 cm³/mol. The maximum atomic E-state index is 10.3. The van der Waals surface area contributed by atoms with Crippen LogP contribution in [0.25, 0.3) is 6.08 Å². The minimum atomic E-state index is -1.02. The van der Waals surface area contributed by atoms with Gasteiger partial charge in [-0.25, -0.2) is 4.79 Å². The molecule has 0 amide bonds. The summed E-state index contributed by atoms with van der Waals surface area (Å²) in [6.45, 7) is 0. The molecule has 1 unspecified atom stereocenters. The fourth-order valence-corrected chi connectivity index (χ4v) is 2.55. The summed E-state index contributed by atoms with van der Waals surface area (Å²) in [6.07, 6.45) is 4.50. The van der Waals surface area contributed by atoms with Crippen molar-refractivity contribution < 1.29 is 14.3 Å². The zero-order chi connectivity index (χ0) is 10.7. The molecule has 1 fully saturated rings. The van der Waals surface area contributed by atoms with Gasteiger partial charge in [0.1, 0.15) is 0 Å². The van der Waals surface area contributed by atoms with Gasteiger partial charge in [0.05, 0.1) is 5.25 Å². The molecule has 0 saturated carbocycles. The monoisotopic (exact) mass is 226 g/mol. The quantitative estimate of drug-likeness (QED) is 0.791. The van der Waals surface area contributed by atoms with Crippen LogP contribution in [0.1, 0.15) is 29.9 Å². The third-order valence-electron chi connectivity index (χ3n) is 2.03. The number of hydrogen-bond acceptors (Lipinski definition) is 5. The van der Waals surface area contributed by atoms with Crippen molar-refractivity contribution in [2.45, 2.75) is 18.1 Å². The van der Waals surface area contributed by atoms with Gasteiger partial charge in [-0.1, -0.05) is 0 Å². The van der Waals surface area contributed by atoms with Crippen LogP contribution in [0.5, 0.6) is 0 Å². The molecule has 1 aliphatic rings. The van der Waals surface area contributed by atoms with Crippen LogP contribution in [0, 0.1) is 0 Å². The summed E-state index contributed by atoms with van der Waals surface area (Å²) in [4.78, 5) is 10.3. The molecular weight excluding hydrogens is 216 g/mol. The van der Waals surface area contributed by atoms with Crippen LogP contribution in [0.2, 0.25) is 0 Å². The molecule has 0 aromatic carbocycles. The Kier molecular flexibility index (Phi) is 3.05. The number of carboxylic acids is 1. The van der Waals surface area contributed by atoms with Crippen LogP contribution >= 0.6 is 11.8 Å². The lowest BCUT2D eigenvalue weighted by molar-refractivity contribution is -0.131. The zero-order valence-electron chi connectivity index (χ0n) is 7.92. The largest absolute Gasteiger partial charge is 0.478 e. The highest BCUT2D eigenvalue weighted by atomic mass is 32.2. The standard InChI is InChI=1S/C9H10N2O3S/c12-8(13)4-3-7-10-11-9(14-7)6-2-1-5-15-6/h3-4,6H,1-2,5H2,(H,12,13)/b4-3+. The molecule has 1 saturated heterocycles. The van der Waals surface area contributed by atoms with Crippen LogP contribution in [-0.2, 0) is 4.79 Å². The Hall–Kier alpha value is -1.30. The molecule has 15 heavy (non-hydrogen) atoms. The molecule has 1 atom stereocenters. The first-order valence-electron chi connectivity index (χ1n) is 4.62. The number of thioether (sulfide) groups is 1. The Balaban J connectivity index is 2.06. The van der Waals surface area contributed by atoms with Gasteiger partial charge in [0.25, 0.3) is 0 Å². The summed E-state index contributed by atoms with van der Waals surface area (Å²) in [6, 6.07) is 0. The summed E-state index contributed by atoms with van der Waals surface area (Å²) in [5, 5.41) is 16.3. The van der Waals surface area contributed by atoms with Gasteiger partial charge in [-0.15, -0.1) is 22.0 Å². The van der Waals surface area contributed by atoms with E-state index in [1.807, 2.05) is 0 Å². The first-order valence-corrected chi connectivity index (χ1v) is 5.66. The molecule has 1 N–H and O–H groups in total. The Morgan fingerprint density at radius 2 is 2.47 bits per heavy atom. The highest BCUT2D eigenvalue weighted by molar-refractivity contribution is 7.99. The second kappa shape index (κ2) is 4.48. The third kappa shape index (κ3) is 2.59. The minimum absolute atomic E-state index is 0.250. The number of aromatic nitrogens is 2. The second-order valence-electron chi connectivity index (χ2n) is 3.15. The average molecular weight is 226 g/mol. The van der Waals surface area contributed by atoms with Gasteiger partial charge < -0.3 is 9.52 Å². The molecule has 80 valence electrons. The molecule has 2 rings (SSSR count). The summed E-state index contributed by atoms with van der Waals surface area (Å²) in [7, 11) is 0. The van der Waals surface area contributed by atoms with E-state index in [4.69, 9.17) is 9.52 Å². The first kappa shape index (κ1) is 10.2. The van der Waals surface area contributed by atoms with Crippen LogP contribution < -0.4 is 0 Å². The van der Waals surface area contributed by atoms with E-state index in [1.165, 1.54) is 6.08 Å². The van der Waals surface area contributed by atoms with Crippen LogP contribution in [-0.4, -0.2) is 27.0 Å². The number of aliphatic carboxylic acids is 1. The molecule has 0 bridgehead atoms. The van der Waals surface area contributed by atoms with Crippen LogP contribution in [0.15, 0.2) is 10.5 Å². The van der Waals surface area contributed by atoms with Crippen molar-refractivity contribution in [3.05, 3.63) is 17.9 Å². The predicted octanol–water partition coefficient (Wildman–Crippen LogP) is 1.74. The zero-order valence-corrected chi connectivity index (χ0v) is 8.74. The molecule has 0 spiro atoms. The van der Waals surface area contributed by atoms with Crippen LogP contribution in [0.4, 0.5) is 0 Å². The van der Waals surface area contributed by atoms with E-state index in [-0.39, 0.29) is 11.1 Å². The number of nitrogens with zero attached hydrogens (tertiary/aromatic N) is 2. The summed E-state index contributed by atoms with van der Waals surface area (Å²) >= 11 is 1.80. The molecule has 0 radical (unpaired) electrons. The molecule has 2 heterocycles. The van der Waals surface area contributed by atoms with E-state index in [0.717, 1.165) is 24.7 Å². The van der Waals surface area contributed by atoms with E-state index >= 15 is 0 Å². The van der Waals surface area contributed by atoms with Gasteiger partial charge in [-0.05, 0) is 18.6 Å². The molecule has 6 heteroatoms. The van der Waals surface area contributed by atoms with E-state index < -0.39 is 5.97 Å². The van der Waals surface area contributed by atoms with Gasteiger partial charge in [-0.2, -0.15) is 0 Å². The van der Waals surface area contributed by atoms with Crippen molar-refractivity contribution in [2.75, 3.05) is 5.75 Å². The molecule has 5 nitrogen and oxygen atoms in total. The van der Waals surface area contributed by atoms with Gasteiger partial charge in [-0.3, -0.25) is 0 Å². The Labute approximate surface area is 90.6 Å². The topological polar surface area (TPSA) is 76.2 Å². The van der Waals surface area contributed by atoms with Gasteiger partial charge >= 0.3 is 5.97 Å².